The third kappa shape index (κ3) is 3.71. The van der Waals surface area contributed by atoms with Crippen LogP contribution in [0.15, 0.2) is 35.3 Å². The van der Waals surface area contributed by atoms with Gasteiger partial charge in [0.1, 0.15) is 5.82 Å². The van der Waals surface area contributed by atoms with Gasteiger partial charge < -0.3 is 16.0 Å². The van der Waals surface area contributed by atoms with E-state index in [2.05, 4.69) is 43.1 Å². The van der Waals surface area contributed by atoms with Crippen LogP contribution in [0.25, 0.3) is 16.7 Å². The molecule has 2 aliphatic carbocycles. The van der Waals surface area contributed by atoms with Gasteiger partial charge >= 0.3 is 11.7 Å². The molecular weight excluding hydrogens is 425 g/mol. The van der Waals surface area contributed by atoms with E-state index in [-0.39, 0.29) is 17.4 Å². The first-order valence-corrected chi connectivity index (χ1v) is 10.8. The first kappa shape index (κ1) is 21.0. The third-order valence-corrected chi connectivity index (χ3v) is 6.48. The minimum Gasteiger partial charge on any atom is -0.357 e. The van der Waals surface area contributed by atoms with Gasteiger partial charge in [-0.1, -0.05) is 12.2 Å². The summed E-state index contributed by atoms with van der Waals surface area (Å²) in [5.74, 6) is 0.606. The van der Waals surface area contributed by atoms with Gasteiger partial charge in [-0.15, -0.1) is 0 Å². The highest BCUT2D eigenvalue weighted by Gasteiger charge is 2.36. The number of hydrogen-bond donors (Lipinski definition) is 3. The summed E-state index contributed by atoms with van der Waals surface area (Å²) in [5.41, 5.74) is 1.21. The van der Waals surface area contributed by atoms with E-state index in [1.54, 1.807) is 27.1 Å². The highest BCUT2D eigenvalue weighted by Crippen LogP contribution is 2.39. The summed E-state index contributed by atoms with van der Waals surface area (Å²) in [5, 5.41) is 8.96. The number of aryl methyl sites for hydroxylation is 2. The Labute approximate surface area is 189 Å². The van der Waals surface area contributed by atoms with Crippen molar-refractivity contribution in [1.29, 1.82) is 0 Å². The number of aromatic nitrogens is 4. The number of amides is 2. The molecule has 1 saturated carbocycles. The van der Waals surface area contributed by atoms with Crippen LogP contribution in [0.3, 0.4) is 0 Å². The average molecular weight is 449 g/mol. The topological polar surface area (TPSA) is 114 Å². The van der Waals surface area contributed by atoms with Crippen LogP contribution >= 0.6 is 0 Å². The van der Waals surface area contributed by atoms with E-state index in [4.69, 9.17) is 0 Å². The molecule has 5 rings (SSSR count). The van der Waals surface area contributed by atoms with Crippen molar-refractivity contribution >= 4 is 28.7 Å². The molecule has 1 fully saturated rings. The minimum atomic E-state index is -0.583. The Kier molecular flexibility index (Phi) is 5.07. The summed E-state index contributed by atoms with van der Waals surface area (Å²) in [6.45, 7) is 3.44. The van der Waals surface area contributed by atoms with Crippen LogP contribution in [0.2, 0.25) is 0 Å². The number of fused-ring (bicyclic) bond motifs is 3. The Morgan fingerprint density at radius 1 is 1.18 bits per heavy atom. The summed E-state index contributed by atoms with van der Waals surface area (Å²) >= 11 is 0. The number of carbonyl (C=O) groups excluding carboxylic acids is 1. The number of hydrogen-bond acceptors (Lipinski definition) is 6. The smallest absolute Gasteiger partial charge is 0.354 e. The molecule has 2 bridgehead atoms. The van der Waals surface area contributed by atoms with Gasteiger partial charge in [-0.2, -0.15) is 9.97 Å². The van der Waals surface area contributed by atoms with Gasteiger partial charge in [-0.25, -0.2) is 19.0 Å². The second-order valence-electron chi connectivity index (χ2n) is 8.60. The Morgan fingerprint density at radius 3 is 2.70 bits per heavy atom. The van der Waals surface area contributed by atoms with E-state index >= 15 is 0 Å². The predicted molar refractivity (Wildman–Crippen MR) is 123 cm³/mol. The monoisotopic (exact) mass is 449 g/mol. The Morgan fingerprint density at radius 2 is 2.00 bits per heavy atom. The van der Waals surface area contributed by atoms with Gasteiger partial charge in [0.2, 0.25) is 5.95 Å². The number of nitrogens with one attached hydrogen (secondary N) is 3. The zero-order chi connectivity index (χ0) is 23.3. The number of urea groups is 1. The predicted octanol–water partition coefficient (Wildman–Crippen LogP) is 3.06. The molecule has 2 aromatic heterocycles. The number of nitrogens with zero attached hydrogens (tertiary/aromatic N) is 4. The molecule has 3 unspecified atom stereocenters. The Bertz CT molecular complexity index is 1370. The fourth-order valence-corrected chi connectivity index (χ4v) is 4.79. The van der Waals surface area contributed by atoms with Gasteiger partial charge in [0, 0.05) is 25.0 Å². The molecule has 1 aromatic carbocycles. The normalized spacial score (nSPS) is 20.9. The lowest BCUT2D eigenvalue weighted by atomic mass is 10.0. The summed E-state index contributed by atoms with van der Waals surface area (Å²) in [4.78, 5) is 38.0. The van der Waals surface area contributed by atoms with Crippen molar-refractivity contribution in [1.82, 2.24) is 24.8 Å². The maximum Gasteiger partial charge on any atom is 0.354 e. The van der Waals surface area contributed by atoms with Gasteiger partial charge in [0.15, 0.2) is 5.65 Å². The molecular formula is C23H24FN7O2. The van der Waals surface area contributed by atoms with Crippen LogP contribution in [0.1, 0.15) is 24.1 Å². The summed E-state index contributed by atoms with van der Waals surface area (Å²) in [6.07, 6.45) is 7.85. The fraction of sp³-hybridized carbons (Fsp3) is 0.348. The molecule has 0 spiro atoms. The average Bonchev–Trinajstić information content (AvgIpc) is 3.39. The minimum absolute atomic E-state index is 0.0139. The Hall–Kier alpha value is -3.82. The molecule has 170 valence electrons. The number of allylic oxidation sites excluding steroid dienone is 1. The van der Waals surface area contributed by atoms with Crippen LogP contribution in [0.5, 0.6) is 0 Å². The van der Waals surface area contributed by atoms with Gasteiger partial charge in [-0.05, 0) is 56.2 Å². The molecule has 2 amide bonds. The lowest BCUT2D eigenvalue weighted by molar-refractivity contribution is 0.246. The van der Waals surface area contributed by atoms with Crippen LogP contribution in [0, 0.1) is 31.5 Å². The first-order chi connectivity index (χ1) is 15.8. The lowest BCUT2D eigenvalue weighted by Crippen LogP contribution is -2.40. The molecule has 9 nitrogen and oxygen atoms in total. The van der Waals surface area contributed by atoms with Crippen molar-refractivity contribution in [2.45, 2.75) is 32.7 Å². The summed E-state index contributed by atoms with van der Waals surface area (Å²) in [6, 6.07) is 2.32. The molecule has 2 aliphatic rings. The lowest BCUT2D eigenvalue weighted by Gasteiger charge is -2.21. The van der Waals surface area contributed by atoms with E-state index in [0.29, 0.717) is 40.1 Å². The van der Waals surface area contributed by atoms with E-state index in [1.807, 2.05) is 0 Å². The Balaban J connectivity index is 1.48. The van der Waals surface area contributed by atoms with Crippen LogP contribution in [-0.2, 0) is 0 Å². The van der Waals surface area contributed by atoms with E-state index in [1.165, 1.54) is 16.7 Å². The zero-order valence-corrected chi connectivity index (χ0v) is 18.5. The van der Waals surface area contributed by atoms with Crippen LogP contribution in [0.4, 0.5) is 20.8 Å². The molecule has 3 N–H and O–H groups in total. The van der Waals surface area contributed by atoms with E-state index in [9.17, 15) is 14.0 Å². The number of benzene rings is 1. The number of rotatable bonds is 4. The zero-order valence-electron chi connectivity index (χ0n) is 18.5. The first-order valence-electron chi connectivity index (χ1n) is 10.8. The maximum absolute atomic E-state index is 14.7. The maximum atomic E-state index is 14.7. The second-order valence-corrected chi connectivity index (χ2v) is 8.60. The number of anilines is 2. The highest BCUT2D eigenvalue weighted by molar-refractivity contribution is 5.90. The molecule has 33 heavy (non-hydrogen) atoms. The highest BCUT2D eigenvalue weighted by atomic mass is 19.1. The second kappa shape index (κ2) is 7.95. The van der Waals surface area contributed by atoms with Gasteiger partial charge in [-0.3, -0.25) is 4.57 Å². The van der Waals surface area contributed by atoms with Crippen LogP contribution in [-0.4, -0.2) is 38.6 Å². The van der Waals surface area contributed by atoms with Gasteiger partial charge in [0.25, 0.3) is 0 Å². The van der Waals surface area contributed by atoms with Crippen molar-refractivity contribution in [3.63, 3.8) is 0 Å². The van der Waals surface area contributed by atoms with Gasteiger partial charge in [0.05, 0.1) is 16.8 Å². The molecule has 10 heteroatoms. The molecule has 3 atom stereocenters. The fourth-order valence-electron chi connectivity index (χ4n) is 4.79. The van der Waals surface area contributed by atoms with Crippen molar-refractivity contribution in [2.24, 2.45) is 11.8 Å². The molecule has 3 aromatic rings. The molecule has 2 heterocycles. The summed E-state index contributed by atoms with van der Waals surface area (Å²) in [7, 11) is 1.68. The molecule has 0 radical (unpaired) electrons. The van der Waals surface area contributed by atoms with E-state index in [0.717, 1.165) is 12.8 Å². The van der Waals surface area contributed by atoms with Crippen LogP contribution < -0.4 is 21.6 Å². The SMILES string of the molecule is CNc1ncc2c(C)n(-c3cc(NC(=O)NC4CC5C=CC4C5)c(F)cc3C)c(=O)nc2n1. The molecule has 0 saturated heterocycles. The number of carbonyl (C=O) groups is 1. The summed E-state index contributed by atoms with van der Waals surface area (Å²) < 4.78 is 16.1. The quantitative estimate of drug-likeness (QED) is 0.528. The number of halogens is 1. The van der Waals surface area contributed by atoms with Crippen molar-refractivity contribution < 1.29 is 9.18 Å². The van der Waals surface area contributed by atoms with Crippen molar-refractivity contribution in [3.8, 4) is 5.69 Å². The third-order valence-electron chi connectivity index (χ3n) is 6.48. The standard InChI is InChI=1S/C23H24FN7O2/c1-11-6-16(24)18(28-22(32)27-17-8-13-4-5-14(17)7-13)9-19(11)31-12(2)15-10-26-21(25-3)29-20(15)30-23(31)33/h4-6,9-10,13-14,17H,7-8H2,1-3H3,(H2,27,28,32)(H,25,29,30,33). The van der Waals surface area contributed by atoms with Crippen molar-refractivity contribution in [3.05, 3.63) is 58.0 Å². The molecule has 0 aliphatic heterocycles. The van der Waals surface area contributed by atoms with E-state index < -0.39 is 17.5 Å². The van der Waals surface area contributed by atoms with Crippen molar-refractivity contribution in [2.75, 3.05) is 17.7 Å². The largest absolute Gasteiger partial charge is 0.357 e.